The molecule has 1 N–H and O–H groups in total. The Morgan fingerprint density at radius 3 is 2.76 bits per heavy atom. The van der Waals surface area contributed by atoms with Crippen molar-refractivity contribution < 1.29 is 18.0 Å². The SMILES string of the molecule is O=C(NCc1ccccc1Cl)C1=NN([C@@H]2CCS(=O)(=O)C2)C(=O)CC1. The van der Waals surface area contributed by atoms with Gasteiger partial charge in [0.2, 0.25) is 5.91 Å². The zero-order valence-corrected chi connectivity index (χ0v) is 15.0. The standard InChI is InChI=1S/C16H18ClN3O4S/c17-13-4-2-1-3-11(13)9-18-16(22)14-5-6-15(21)20(19-14)12-7-8-25(23,24)10-12/h1-4,12H,5-10H2,(H,18,22)/t12-/m1/s1. The molecule has 134 valence electrons. The number of benzene rings is 1. The van der Waals surface area contributed by atoms with Gasteiger partial charge in [-0.1, -0.05) is 29.8 Å². The van der Waals surface area contributed by atoms with Crippen LogP contribution in [0.15, 0.2) is 29.4 Å². The molecule has 1 saturated heterocycles. The van der Waals surface area contributed by atoms with E-state index in [1.54, 1.807) is 12.1 Å². The molecule has 1 aromatic carbocycles. The van der Waals surface area contributed by atoms with Crippen molar-refractivity contribution in [2.75, 3.05) is 11.5 Å². The number of nitrogens with one attached hydrogen (secondary N) is 1. The zero-order valence-electron chi connectivity index (χ0n) is 13.4. The van der Waals surface area contributed by atoms with E-state index in [0.29, 0.717) is 11.4 Å². The summed E-state index contributed by atoms with van der Waals surface area (Å²) in [5.41, 5.74) is 1.01. The predicted octanol–water partition coefficient (Wildman–Crippen LogP) is 1.12. The van der Waals surface area contributed by atoms with Gasteiger partial charge < -0.3 is 5.32 Å². The molecule has 2 aliphatic heterocycles. The van der Waals surface area contributed by atoms with Crippen molar-refractivity contribution in [3.8, 4) is 0 Å². The van der Waals surface area contributed by atoms with Gasteiger partial charge in [-0.2, -0.15) is 5.10 Å². The first-order chi connectivity index (χ1) is 11.9. The fourth-order valence-electron chi connectivity index (χ4n) is 2.91. The topological polar surface area (TPSA) is 95.9 Å². The van der Waals surface area contributed by atoms with Crippen LogP contribution in [0.25, 0.3) is 0 Å². The van der Waals surface area contributed by atoms with Gasteiger partial charge in [0.1, 0.15) is 5.71 Å². The summed E-state index contributed by atoms with van der Waals surface area (Å²) in [5.74, 6) is -0.676. The van der Waals surface area contributed by atoms with Crippen molar-refractivity contribution in [3.63, 3.8) is 0 Å². The summed E-state index contributed by atoms with van der Waals surface area (Å²) in [4.78, 5) is 24.4. The Kier molecular flexibility index (Phi) is 5.10. The number of carbonyl (C=O) groups is 2. The third-order valence-electron chi connectivity index (χ3n) is 4.27. The molecule has 0 radical (unpaired) electrons. The molecule has 0 unspecified atom stereocenters. The maximum Gasteiger partial charge on any atom is 0.267 e. The van der Waals surface area contributed by atoms with Crippen molar-refractivity contribution in [1.29, 1.82) is 0 Å². The van der Waals surface area contributed by atoms with E-state index >= 15 is 0 Å². The summed E-state index contributed by atoms with van der Waals surface area (Å²) in [5, 5.41) is 8.61. The molecule has 0 spiro atoms. The van der Waals surface area contributed by atoms with Crippen molar-refractivity contribution in [2.45, 2.75) is 31.8 Å². The second-order valence-electron chi connectivity index (χ2n) is 6.12. The Labute approximate surface area is 150 Å². The Hall–Kier alpha value is -1.93. The molecule has 0 aromatic heterocycles. The molecule has 3 rings (SSSR count). The summed E-state index contributed by atoms with van der Waals surface area (Å²) >= 11 is 6.06. The molecule has 2 heterocycles. The smallest absolute Gasteiger partial charge is 0.267 e. The summed E-state index contributed by atoms with van der Waals surface area (Å²) in [6.45, 7) is 0.253. The second-order valence-corrected chi connectivity index (χ2v) is 8.75. The maximum absolute atomic E-state index is 12.3. The van der Waals surface area contributed by atoms with Gasteiger partial charge in [-0.15, -0.1) is 0 Å². The van der Waals surface area contributed by atoms with E-state index in [2.05, 4.69) is 10.4 Å². The molecule has 0 aliphatic carbocycles. The fraction of sp³-hybridized carbons (Fsp3) is 0.438. The van der Waals surface area contributed by atoms with Crippen molar-refractivity contribution >= 4 is 39.0 Å². The minimum Gasteiger partial charge on any atom is -0.347 e. The Morgan fingerprint density at radius 2 is 2.08 bits per heavy atom. The molecule has 7 nitrogen and oxygen atoms in total. The minimum absolute atomic E-state index is 0.0466. The normalized spacial score (nSPS) is 22.6. The fourth-order valence-corrected chi connectivity index (χ4v) is 4.80. The van der Waals surface area contributed by atoms with Gasteiger partial charge in [-0.3, -0.25) is 9.59 Å². The highest BCUT2D eigenvalue weighted by Crippen LogP contribution is 2.22. The Bertz CT molecular complexity index is 838. The van der Waals surface area contributed by atoms with Crippen LogP contribution in [0.3, 0.4) is 0 Å². The van der Waals surface area contributed by atoms with Crippen LogP contribution in [0.4, 0.5) is 0 Å². The summed E-state index contributed by atoms with van der Waals surface area (Å²) in [7, 11) is -3.14. The number of carbonyl (C=O) groups excluding carboxylic acids is 2. The highest BCUT2D eigenvalue weighted by molar-refractivity contribution is 7.91. The number of halogens is 1. The van der Waals surface area contributed by atoms with Gasteiger partial charge in [-0.05, 0) is 18.1 Å². The average molecular weight is 384 g/mol. The lowest BCUT2D eigenvalue weighted by Crippen LogP contribution is -2.43. The molecule has 0 saturated carbocycles. The number of nitrogens with zero attached hydrogens (tertiary/aromatic N) is 2. The number of hydrogen-bond donors (Lipinski definition) is 1. The molecule has 1 fully saturated rings. The molecule has 1 atom stereocenters. The monoisotopic (exact) mass is 383 g/mol. The second kappa shape index (κ2) is 7.13. The molecule has 25 heavy (non-hydrogen) atoms. The number of hydrogen-bond acceptors (Lipinski definition) is 5. The predicted molar refractivity (Wildman–Crippen MR) is 93.9 cm³/mol. The van der Waals surface area contributed by atoms with E-state index in [1.807, 2.05) is 12.1 Å². The Balaban J connectivity index is 1.68. The highest BCUT2D eigenvalue weighted by Gasteiger charge is 2.37. The lowest BCUT2D eigenvalue weighted by Gasteiger charge is -2.27. The zero-order chi connectivity index (χ0) is 18.0. The molecule has 9 heteroatoms. The number of sulfone groups is 1. The van der Waals surface area contributed by atoms with Gasteiger partial charge in [0.15, 0.2) is 9.84 Å². The van der Waals surface area contributed by atoms with Crippen LogP contribution in [0, 0.1) is 0 Å². The number of rotatable bonds is 4. The molecule has 2 amide bonds. The van der Waals surface area contributed by atoms with Gasteiger partial charge in [0.25, 0.3) is 5.91 Å². The van der Waals surface area contributed by atoms with Crippen molar-refractivity contribution in [1.82, 2.24) is 10.3 Å². The van der Waals surface area contributed by atoms with Crippen LogP contribution in [0.2, 0.25) is 5.02 Å². The molecule has 0 bridgehead atoms. The van der Waals surface area contributed by atoms with Gasteiger partial charge in [0.05, 0.1) is 17.5 Å². The van der Waals surface area contributed by atoms with Gasteiger partial charge in [0, 0.05) is 24.4 Å². The van der Waals surface area contributed by atoms with Crippen LogP contribution in [-0.2, 0) is 26.0 Å². The first kappa shape index (κ1) is 17.9. The first-order valence-electron chi connectivity index (χ1n) is 7.97. The molecular weight excluding hydrogens is 366 g/mol. The maximum atomic E-state index is 12.3. The first-order valence-corrected chi connectivity index (χ1v) is 10.2. The van der Waals surface area contributed by atoms with Crippen molar-refractivity contribution in [3.05, 3.63) is 34.9 Å². The van der Waals surface area contributed by atoms with E-state index in [-0.39, 0.29) is 48.4 Å². The molecule has 1 aromatic rings. The van der Waals surface area contributed by atoms with Crippen LogP contribution in [-0.4, -0.2) is 48.5 Å². The molecular formula is C16H18ClN3O4S. The van der Waals surface area contributed by atoms with E-state index in [4.69, 9.17) is 11.6 Å². The van der Waals surface area contributed by atoms with Crippen LogP contribution >= 0.6 is 11.6 Å². The van der Waals surface area contributed by atoms with Crippen LogP contribution in [0.5, 0.6) is 0 Å². The van der Waals surface area contributed by atoms with E-state index in [1.165, 1.54) is 5.01 Å². The number of hydrazone groups is 1. The van der Waals surface area contributed by atoms with Crippen molar-refractivity contribution in [2.24, 2.45) is 5.10 Å². The van der Waals surface area contributed by atoms with E-state index < -0.39 is 15.9 Å². The van der Waals surface area contributed by atoms with E-state index in [0.717, 1.165) is 5.56 Å². The third kappa shape index (κ3) is 4.19. The highest BCUT2D eigenvalue weighted by atomic mass is 35.5. The lowest BCUT2D eigenvalue weighted by molar-refractivity contribution is -0.133. The average Bonchev–Trinajstić information content (AvgIpc) is 2.94. The summed E-state index contributed by atoms with van der Waals surface area (Å²) in [6.07, 6.45) is 0.740. The largest absolute Gasteiger partial charge is 0.347 e. The summed E-state index contributed by atoms with van der Waals surface area (Å²) < 4.78 is 23.2. The lowest BCUT2D eigenvalue weighted by atomic mass is 10.1. The van der Waals surface area contributed by atoms with Gasteiger partial charge >= 0.3 is 0 Å². The third-order valence-corrected chi connectivity index (χ3v) is 6.39. The molecule has 2 aliphatic rings. The van der Waals surface area contributed by atoms with E-state index in [9.17, 15) is 18.0 Å². The van der Waals surface area contributed by atoms with Crippen LogP contribution < -0.4 is 5.32 Å². The minimum atomic E-state index is -3.14. The number of amides is 2. The van der Waals surface area contributed by atoms with Crippen LogP contribution in [0.1, 0.15) is 24.8 Å². The summed E-state index contributed by atoms with van der Waals surface area (Å²) in [6, 6.07) is 6.70. The quantitative estimate of drug-likeness (QED) is 0.842. The van der Waals surface area contributed by atoms with Gasteiger partial charge in [-0.25, -0.2) is 13.4 Å². The Morgan fingerprint density at radius 1 is 1.32 bits per heavy atom.